The number of halogens is 3. The normalized spacial score (nSPS) is 11.4. The monoisotopic (exact) mass is 451 g/mol. The molecule has 0 atom stereocenters. The predicted octanol–water partition coefficient (Wildman–Crippen LogP) is 4.17. The van der Waals surface area contributed by atoms with Crippen molar-refractivity contribution in [3.05, 3.63) is 75.6 Å². The molecule has 3 aromatic rings. The van der Waals surface area contributed by atoms with Crippen LogP contribution in [-0.4, -0.2) is 37.5 Å². The number of carbonyl (C=O) groups is 1. The average Bonchev–Trinajstić information content (AvgIpc) is 3.11. The molecule has 2 aromatic carbocycles. The summed E-state index contributed by atoms with van der Waals surface area (Å²) in [6, 6.07) is 8.85. The Bertz CT molecular complexity index is 1130. The second kappa shape index (κ2) is 8.76. The second-order valence-corrected chi connectivity index (χ2v) is 7.59. The van der Waals surface area contributed by atoms with Gasteiger partial charge in [0.15, 0.2) is 5.16 Å². The minimum absolute atomic E-state index is 0.0130. The molecule has 0 radical (unpaired) electrons. The summed E-state index contributed by atoms with van der Waals surface area (Å²) in [7, 11) is 3.02. The van der Waals surface area contributed by atoms with E-state index in [2.05, 4.69) is 10.2 Å². The van der Waals surface area contributed by atoms with Gasteiger partial charge in [-0.3, -0.25) is 14.9 Å². The number of hydrogen-bond acceptors (Lipinski definition) is 6. The van der Waals surface area contributed by atoms with Gasteiger partial charge in [-0.05, 0) is 35.5 Å². The largest absolute Gasteiger partial charge is 0.416 e. The van der Waals surface area contributed by atoms with Crippen LogP contribution in [0.15, 0.2) is 58.8 Å². The number of amides is 1. The molecule has 0 unspecified atom stereocenters. The summed E-state index contributed by atoms with van der Waals surface area (Å²) in [5.41, 5.74) is -1.24. The van der Waals surface area contributed by atoms with Crippen molar-refractivity contribution >= 4 is 23.4 Å². The molecule has 12 heteroatoms. The summed E-state index contributed by atoms with van der Waals surface area (Å²) < 4.78 is 41.2. The first kappa shape index (κ1) is 22.3. The highest BCUT2D eigenvalue weighted by Gasteiger charge is 2.33. The van der Waals surface area contributed by atoms with Crippen molar-refractivity contribution in [1.29, 1.82) is 0 Å². The van der Waals surface area contributed by atoms with Crippen molar-refractivity contribution in [2.75, 3.05) is 7.05 Å². The van der Waals surface area contributed by atoms with Crippen molar-refractivity contribution in [3.8, 4) is 0 Å². The fraction of sp³-hybridized carbons (Fsp3) is 0.211. The summed E-state index contributed by atoms with van der Waals surface area (Å²) in [5.74, 6) is -0.643. The Balaban J connectivity index is 1.86. The third-order valence-electron chi connectivity index (χ3n) is 4.35. The standard InChI is InChI=1S/C19H16F3N5O3S/c1-25(10-13-5-3-4-6-14(13)19(20,21)22)17(28)12-7-8-16(15(9-12)27(29)30)31-18-24-23-11-26(18)2/h3-9,11H,10H2,1-2H3. The number of nitrogens with zero attached hydrogens (tertiary/aromatic N) is 5. The van der Waals surface area contributed by atoms with Gasteiger partial charge in [0.05, 0.1) is 15.4 Å². The summed E-state index contributed by atoms with van der Waals surface area (Å²) in [6.07, 6.45) is -3.11. The number of benzene rings is 2. The molecule has 1 amide bonds. The van der Waals surface area contributed by atoms with E-state index in [0.29, 0.717) is 5.16 Å². The van der Waals surface area contributed by atoms with Gasteiger partial charge in [0, 0.05) is 32.3 Å². The van der Waals surface area contributed by atoms with E-state index in [9.17, 15) is 28.1 Å². The molecule has 0 aliphatic carbocycles. The third kappa shape index (κ3) is 5.02. The maximum atomic E-state index is 13.2. The highest BCUT2D eigenvalue weighted by Crippen LogP contribution is 2.35. The number of nitro groups is 1. The first-order valence-corrected chi connectivity index (χ1v) is 9.60. The number of nitro benzene ring substituents is 1. The molecule has 0 aliphatic heterocycles. The molecule has 0 bridgehead atoms. The van der Waals surface area contributed by atoms with Crippen LogP contribution in [0.25, 0.3) is 0 Å². The van der Waals surface area contributed by atoms with Gasteiger partial charge in [0.1, 0.15) is 6.33 Å². The zero-order chi connectivity index (χ0) is 22.8. The molecule has 0 fully saturated rings. The van der Waals surface area contributed by atoms with Crippen LogP contribution in [0.1, 0.15) is 21.5 Å². The summed E-state index contributed by atoms with van der Waals surface area (Å²) >= 11 is 1.01. The van der Waals surface area contributed by atoms with Crippen molar-refractivity contribution in [2.24, 2.45) is 7.05 Å². The fourth-order valence-corrected chi connectivity index (χ4v) is 3.68. The Morgan fingerprint density at radius 1 is 1.26 bits per heavy atom. The average molecular weight is 451 g/mol. The maximum Gasteiger partial charge on any atom is 0.416 e. The molecule has 8 nitrogen and oxygen atoms in total. The lowest BCUT2D eigenvalue weighted by Crippen LogP contribution is -2.27. The number of aromatic nitrogens is 3. The highest BCUT2D eigenvalue weighted by atomic mass is 32.2. The lowest BCUT2D eigenvalue weighted by atomic mass is 10.1. The molecular formula is C19H16F3N5O3S. The molecule has 0 saturated heterocycles. The summed E-state index contributed by atoms with van der Waals surface area (Å²) in [4.78, 5) is 25.0. The molecule has 1 aromatic heterocycles. The van der Waals surface area contributed by atoms with Crippen molar-refractivity contribution in [2.45, 2.75) is 22.8 Å². The van der Waals surface area contributed by atoms with E-state index in [1.54, 1.807) is 11.6 Å². The van der Waals surface area contributed by atoms with Crippen LogP contribution < -0.4 is 0 Å². The molecule has 0 saturated carbocycles. The van der Waals surface area contributed by atoms with Gasteiger partial charge < -0.3 is 9.47 Å². The quantitative estimate of drug-likeness (QED) is 0.413. The first-order chi connectivity index (χ1) is 14.6. The number of rotatable bonds is 6. The first-order valence-electron chi connectivity index (χ1n) is 8.78. The minimum Gasteiger partial charge on any atom is -0.337 e. The molecule has 1 heterocycles. The maximum absolute atomic E-state index is 13.2. The Hall–Kier alpha value is -3.41. The summed E-state index contributed by atoms with van der Waals surface area (Å²) in [6.45, 7) is -0.308. The second-order valence-electron chi connectivity index (χ2n) is 6.58. The van der Waals surface area contributed by atoms with Crippen LogP contribution in [-0.2, 0) is 19.8 Å². The molecular weight excluding hydrogens is 435 g/mol. The zero-order valence-electron chi connectivity index (χ0n) is 16.3. The lowest BCUT2D eigenvalue weighted by Gasteiger charge is -2.20. The number of carbonyl (C=O) groups excluding carboxylic acids is 1. The predicted molar refractivity (Wildman–Crippen MR) is 105 cm³/mol. The Morgan fingerprint density at radius 3 is 2.58 bits per heavy atom. The van der Waals surface area contributed by atoms with Crippen molar-refractivity contribution < 1.29 is 22.9 Å². The smallest absolute Gasteiger partial charge is 0.337 e. The van der Waals surface area contributed by atoms with Gasteiger partial charge in [0.25, 0.3) is 11.6 Å². The van der Waals surface area contributed by atoms with E-state index in [-0.39, 0.29) is 28.3 Å². The van der Waals surface area contributed by atoms with Crippen LogP contribution in [0.2, 0.25) is 0 Å². The van der Waals surface area contributed by atoms with Gasteiger partial charge in [-0.25, -0.2) is 0 Å². The van der Waals surface area contributed by atoms with Crippen molar-refractivity contribution in [1.82, 2.24) is 19.7 Å². The third-order valence-corrected chi connectivity index (χ3v) is 5.47. The van der Waals surface area contributed by atoms with Crippen molar-refractivity contribution in [3.63, 3.8) is 0 Å². The van der Waals surface area contributed by atoms with Crippen LogP contribution in [0.3, 0.4) is 0 Å². The van der Waals surface area contributed by atoms with E-state index in [1.165, 1.54) is 43.7 Å². The molecule has 31 heavy (non-hydrogen) atoms. The molecule has 0 spiro atoms. The van der Waals surface area contributed by atoms with Gasteiger partial charge in [-0.1, -0.05) is 18.2 Å². The minimum atomic E-state index is -4.56. The zero-order valence-corrected chi connectivity index (χ0v) is 17.1. The molecule has 162 valence electrons. The Labute approximate surface area is 178 Å². The van der Waals surface area contributed by atoms with Crippen LogP contribution in [0.4, 0.5) is 18.9 Å². The van der Waals surface area contributed by atoms with E-state index in [4.69, 9.17) is 0 Å². The molecule has 3 rings (SSSR count). The number of alkyl halides is 3. The molecule has 0 N–H and O–H groups in total. The van der Waals surface area contributed by atoms with Gasteiger partial charge >= 0.3 is 6.18 Å². The van der Waals surface area contributed by atoms with E-state index >= 15 is 0 Å². The van der Waals surface area contributed by atoms with Crippen LogP contribution in [0, 0.1) is 10.1 Å². The van der Waals surface area contributed by atoms with E-state index in [0.717, 1.165) is 28.8 Å². The topological polar surface area (TPSA) is 94.2 Å². The Morgan fingerprint density at radius 2 is 1.97 bits per heavy atom. The fourth-order valence-electron chi connectivity index (χ4n) is 2.83. The van der Waals surface area contributed by atoms with E-state index < -0.39 is 22.6 Å². The number of hydrogen-bond donors (Lipinski definition) is 0. The van der Waals surface area contributed by atoms with Crippen LogP contribution >= 0.6 is 11.8 Å². The molecule has 0 aliphatic rings. The Kier molecular flexibility index (Phi) is 6.29. The number of aryl methyl sites for hydroxylation is 1. The highest BCUT2D eigenvalue weighted by molar-refractivity contribution is 7.99. The summed E-state index contributed by atoms with van der Waals surface area (Å²) in [5, 5.41) is 19.5. The van der Waals surface area contributed by atoms with Crippen LogP contribution in [0.5, 0.6) is 0 Å². The SMILES string of the molecule is CN(Cc1ccccc1C(F)(F)F)C(=O)c1ccc(Sc2nncn2C)c([N+](=O)[O-])c1. The van der Waals surface area contributed by atoms with Gasteiger partial charge in [-0.2, -0.15) is 13.2 Å². The van der Waals surface area contributed by atoms with E-state index in [1.807, 2.05) is 0 Å². The van der Waals surface area contributed by atoms with Gasteiger partial charge in [0.2, 0.25) is 0 Å². The van der Waals surface area contributed by atoms with Gasteiger partial charge in [-0.15, -0.1) is 10.2 Å². The lowest BCUT2D eigenvalue weighted by molar-refractivity contribution is -0.387.